The first-order chi connectivity index (χ1) is 13.0. The highest BCUT2D eigenvalue weighted by molar-refractivity contribution is 7.95. The summed E-state index contributed by atoms with van der Waals surface area (Å²) in [5.41, 5.74) is 1.81. The fourth-order valence-corrected chi connectivity index (χ4v) is 3.79. The maximum absolute atomic E-state index is 13.3. The number of rotatable bonds is 10. The summed E-state index contributed by atoms with van der Waals surface area (Å²) < 4.78 is 5.47. The lowest BCUT2D eigenvalue weighted by atomic mass is 9.88. The number of carboxylic acid groups (broad SMARTS) is 1. The normalized spacial score (nSPS) is 15.1. The van der Waals surface area contributed by atoms with E-state index in [0.29, 0.717) is 12.5 Å². The van der Waals surface area contributed by atoms with Crippen LogP contribution in [-0.4, -0.2) is 29.3 Å². The van der Waals surface area contributed by atoms with Crippen molar-refractivity contribution in [3.8, 4) is 0 Å². The van der Waals surface area contributed by atoms with E-state index >= 15 is 0 Å². The number of carbonyl (C=O) groups is 2. The summed E-state index contributed by atoms with van der Waals surface area (Å²) in [7, 11) is 0. The van der Waals surface area contributed by atoms with Gasteiger partial charge in [0, 0.05) is 35.8 Å². The summed E-state index contributed by atoms with van der Waals surface area (Å²) in [5.74, 6) is -0.150. The van der Waals surface area contributed by atoms with Crippen LogP contribution in [0.2, 0.25) is 0 Å². The number of amides is 1. The molecule has 1 aliphatic rings. The van der Waals surface area contributed by atoms with E-state index < -0.39 is 5.97 Å². The van der Waals surface area contributed by atoms with Gasteiger partial charge in [-0.15, -0.1) is 0 Å². The predicted molar refractivity (Wildman–Crippen MR) is 110 cm³/mol. The molecule has 0 saturated heterocycles. The topological polar surface area (TPSA) is 66.8 Å². The zero-order valence-electron chi connectivity index (χ0n) is 16.4. The fourth-order valence-electron chi connectivity index (χ4n) is 3.40. The summed E-state index contributed by atoms with van der Waals surface area (Å²) in [4.78, 5) is 25.9. The molecule has 0 aliphatic heterocycles. The second kappa shape index (κ2) is 11.3. The average Bonchev–Trinajstić information content (AvgIpc) is 2.66. The summed E-state index contributed by atoms with van der Waals surface area (Å²) in [6, 6.07) is 7.80. The van der Waals surface area contributed by atoms with Gasteiger partial charge in [0.1, 0.15) is 5.75 Å². The van der Waals surface area contributed by atoms with Crippen molar-refractivity contribution in [2.75, 3.05) is 17.2 Å². The number of benzene rings is 1. The quantitative estimate of drug-likeness (QED) is 0.452. The van der Waals surface area contributed by atoms with Gasteiger partial charge in [-0.25, -0.2) is 0 Å². The Bertz CT molecular complexity index is 614. The van der Waals surface area contributed by atoms with E-state index in [4.69, 9.17) is 9.29 Å². The Morgan fingerprint density at radius 1 is 1.22 bits per heavy atom. The smallest absolute Gasteiger partial charge is 0.315 e. The van der Waals surface area contributed by atoms with Crippen LogP contribution in [0.4, 0.5) is 5.69 Å². The van der Waals surface area contributed by atoms with Crippen LogP contribution < -0.4 is 4.90 Å². The zero-order valence-corrected chi connectivity index (χ0v) is 17.2. The molecule has 0 aromatic heterocycles. The molecule has 1 N–H and O–H groups in total. The highest BCUT2D eigenvalue weighted by Crippen LogP contribution is 2.30. The molecule has 1 aromatic carbocycles. The number of carboxylic acids is 1. The maximum Gasteiger partial charge on any atom is 0.315 e. The molecule has 6 heteroatoms. The number of hydrogen-bond acceptors (Lipinski definition) is 4. The van der Waals surface area contributed by atoms with Crippen LogP contribution in [0.1, 0.15) is 57.9 Å². The van der Waals surface area contributed by atoms with Crippen molar-refractivity contribution in [3.05, 3.63) is 29.8 Å². The Hall–Kier alpha value is -1.53. The first-order valence-corrected chi connectivity index (χ1v) is 10.8. The summed E-state index contributed by atoms with van der Waals surface area (Å²) in [5, 5.41) is 8.74. The predicted octanol–water partition coefficient (Wildman–Crippen LogP) is 4.90. The van der Waals surface area contributed by atoms with Gasteiger partial charge in [0.25, 0.3) is 0 Å². The molecule has 0 atom stereocenters. The van der Waals surface area contributed by atoms with Gasteiger partial charge in [0.2, 0.25) is 5.91 Å². The molecular formula is C21H31NO4S. The minimum absolute atomic E-state index is 0.0970. The van der Waals surface area contributed by atoms with Crippen LogP contribution in [0.25, 0.3) is 0 Å². The van der Waals surface area contributed by atoms with E-state index in [0.717, 1.165) is 55.4 Å². The largest absolute Gasteiger partial charge is 0.481 e. The van der Waals surface area contributed by atoms with Crippen molar-refractivity contribution in [2.45, 2.75) is 59.0 Å². The highest BCUT2D eigenvalue weighted by Gasteiger charge is 2.28. The lowest BCUT2D eigenvalue weighted by Gasteiger charge is -2.31. The summed E-state index contributed by atoms with van der Waals surface area (Å²) >= 11 is 0.928. The Morgan fingerprint density at radius 3 is 2.59 bits per heavy atom. The Balaban J connectivity index is 2.15. The van der Waals surface area contributed by atoms with Gasteiger partial charge in [-0.2, -0.15) is 0 Å². The van der Waals surface area contributed by atoms with Gasteiger partial charge in [-0.3, -0.25) is 9.59 Å². The lowest BCUT2D eigenvalue weighted by Crippen LogP contribution is -2.38. The van der Waals surface area contributed by atoms with Gasteiger partial charge in [0.15, 0.2) is 0 Å². The third-order valence-electron chi connectivity index (χ3n) is 4.91. The Labute approximate surface area is 166 Å². The number of para-hydroxylation sites is 1. The molecule has 0 unspecified atom stereocenters. The second-order valence-corrected chi connectivity index (χ2v) is 8.31. The first-order valence-electron chi connectivity index (χ1n) is 9.84. The second-order valence-electron chi connectivity index (χ2n) is 7.55. The monoisotopic (exact) mass is 393 g/mol. The molecule has 5 nitrogen and oxygen atoms in total. The third-order valence-corrected chi connectivity index (χ3v) is 5.56. The molecule has 150 valence electrons. The zero-order chi connectivity index (χ0) is 19.6. The van der Waals surface area contributed by atoms with Crippen LogP contribution in [0.3, 0.4) is 0 Å². The number of anilines is 1. The van der Waals surface area contributed by atoms with Crippen LogP contribution in [-0.2, 0) is 20.4 Å². The average molecular weight is 394 g/mol. The van der Waals surface area contributed by atoms with E-state index in [2.05, 4.69) is 13.8 Å². The first kappa shape index (κ1) is 21.8. The lowest BCUT2D eigenvalue weighted by molar-refractivity contribution is -0.134. The molecule has 0 bridgehead atoms. The van der Waals surface area contributed by atoms with Crippen LogP contribution in [0, 0.1) is 11.8 Å². The molecule has 0 heterocycles. The van der Waals surface area contributed by atoms with E-state index in [1.807, 2.05) is 29.2 Å². The van der Waals surface area contributed by atoms with Gasteiger partial charge in [-0.05, 0) is 31.2 Å². The van der Waals surface area contributed by atoms with E-state index in [9.17, 15) is 9.59 Å². The van der Waals surface area contributed by atoms with Crippen molar-refractivity contribution in [2.24, 2.45) is 11.8 Å². The highest BCUT2D eigenvalue weighted by atomic mass is 32.2. The molecule has 2 rings (SSSR count). The van der Waals surface area contributed by atoms with Crippen molar-refractivity contribution in [1.29, 1.82) is 0 Å². The van der Waals surface area contributed by atoms with Crippen LogP contribution in [0.5, 0.6) is 0 Å². The summed E-state index contributed by atoms with van der Waals surface area (Å²) in [6.07, 6.45) is 6.38. The van der Waals surface area contributed by atoms with E-state index in [-0.39, 0.29) is 24.2 Å². The van der Waals surface area contributed by atoms with Gasteiger partial charge < -0.3 is 14.2 Å². The number of aliphatic carboxylic acids is 1. The molecule has 0 radical (unpaired) electrons. The number of carbonyl (C=O) groups excluding carboxylic acids is 1. The molecule has 1 aromatic rings. The van der Waals surface area contributed by atoms with Crippen LogP contribution >= 0.6 is 12.0 Å². The molecule has 0 spiro atoms. The maximum atomic E-state index is 13.3. The molecule has 1 aliphatic carbocycles. The van der Waals surface area contributed by atoms with Gasteiger partial charge >= 0.3 is 5.97 Å². The molecular weight excluding hydrogens is 362 g/mol. The minimum atomic E-state index is -0.903. The standard InChI is InChI=1S/C21H31NO4S/c1-16(2)12-13-22(21(25)17-8-4-3-5-9-17)19-11-7-6-10-18(19)14-26-27-15-20(23)24/h6-7,10-11,16-17H,3-5,8-9,12-15H2,1-2H3,(H,23,24). The Kier molecular flexibility index (Phi) is 9.15. The van der Waals surface area contributed by atoms with Crippen LogP contribution in [0.15, 0.2) is 24.3 Å². The number of nitrogens with zero attached hydrogens (tertiary/aromatic N) is 1. The van der Waals surface area contributed by atoms with Gasteiger partial charge in [-0.1, -0.05) is 51.3 Å². The SMILES string of the molecule is CC(C)CCN(C(=O)C1CCCCC1)c1ccccc1COSCC(=O)O. The third kappa shape index (κ3) is 7.18. The van der Waals surface area contributed by atoms with Crippen molar-refractivity contribution in [1.82, 2.24) is 0 Å². The number of hydrogen-bond donors (Lipinski definition) is 1. The summed E-state index contributed by atoms with van der Waals surface area (Å²) in [6.45, 7) is 5.32. The fraction of sp³-hybridized carbons (Fsp3) is 0.619. The van der Waals surface area contributed by atoms with Gasteiger partial charge in [0.05, 0.1) is 6.61 Å². The molecule has 1 fully saturated rings. The molecule has 27 heavy (non-hydrogen) atoms. The van der Waals surface area contributed by atoms with E-state index in [1.54, 1.807) is 0 Å². The van der Waals surface area contributed by atoms with Crippen molar-refractivity contribution in [3.63, 3.8) is 0 Å². The molecule has 1 amide bonds. The Morgan fingerprint density at radius 2 is 1.93 bits per heavy atom. The minimum Gasteiger partial charge on any atom is -0.481 e. The molecule has 1 saturated carbocycles. The van der Waals surface area contributed by atoms with Crippen molar-refractivity contribution >= 4 is 29.6 Å². The van der Waals surface area contributed by atoms with Crippen molar-refractivity contribution < 1.29 is 18.9 Å². The van der Waals surface area contributed by atoms with E-state index in [1.165, 1.54) is 6.42 Å².